The highest BCUT2D eigenvalue weighted by Gasteiger charge is 2.40. The van der Waals surface area contributed by atoms with Crippen molar-refractivity contribution in [2.75, 3.05) is 32.7 Å². The van der Waals surface area contributed by atoms with Crippen LogP contribution in [0, 0.1) is 11.8 Å². The van der Waals surface area contributed by atoms with Gasteiger partial charge in [-0.05, 0) is 75.2 Å². The number of carbonyl (C=O) groups is 1. The average Bonchev–Trinajstić information content (AvgIpc) is 3.37. The van der Waals surface area contributed by atoms with Crippen LogP contribution in [0.4, 0.5) is 4.79 Å². The Hall–Kier alpha value is -1.81. The summed E-state index contributed by atoms with van der Waals surface area (Å²) in [6.07, 6.45) is 7.38. The van der Waals surface area contributed by atoms with E-state index in [2.05, 4.69) is 40.6 Å². The van der Waals surface area contributed by atoms with Crippen LogP contribution in [0.2, 0.25) is 0 Å². The average molecular weight is 368 g/mol. The molecule has 2 heterocycles. The van der Waals surface area contributed by atoms with Gasteiger partial charge in [0.1, 0.15) is 0 Å². The molecule has 0 saturated carbocycles. The van der Waals surface area contributed by atoms with Crippen molar-refractivity contribution < 1.29 is 4.79 Å². The molecule has 1 aromatic rings. The lowest BCUT2D eigenvalue weighted by Crippen LogP contribution is -2.42. The molecular formula is C23H33N3O. The molecular weight excluding hydrogens is 334 g/mol. The molecule has 27 heavy (non-hydrogen) atoms. The molecule has 4 heteroatoms. The van der Waals surface area contributed by atoms with E-state index in [-0.39, 0.29) is 12.1 Å². The molecule has 2 aliphatic heterocycles. The van der Waals surface area contributed by atoms with Crippen molar-refractivity contribution in [1.29, 1.82) is 0 Å². The van der Waals surface area contributed by atoms with Gasteiger partial charge >= 0.3 is 6.03 Å². The Bertz CT molecular complexity index is 688. The van der Waals surface area contributed by atoms with Crippen molar-refractivity contribution in [3.63, 3.8) is 0 Å². The quantitative estimate of drug-likeness (QED) is 0.860. The van der Waals surface area contributed by atoms with Gasteiger partial charge in [-0.25, -0.2) is 4.79 Å². The first-order valence-electron chi connectivity index (χ1n) is 10.7. The summed E-state index contributed by atoms with van der Waals surface area (Å²) in [4.78, 5) is 16.9. The number of rotatable bonds is 5. The minimum atomic E-state index is 0.0935. The molecule has 0 spiro atoms. The van der Waals surface area contributed by atoms with Crippen molar-refractivity contribution in [1.82, 2.24) is 15.1 Å². The first-order valence-corrected chi connectivity index (χ1v) is 10.7. The van der Waals surface area contributed by atoms with Gasteiger partial charge in [-0.2, -0.15) is 0 Å². The number of hydrogen-bond acceptors (Lipinski definition) is 2. The van der Waals surface area contributed by atoms with Crippen molar-refractivity contribution in [3.8, 4) is 0 Å². The van der Waals surface area contributed by atoms with E-state index in [0.29, 0.717) is 11.8 Å². The van der Waals surface area contributed by atoms with Crippen LogP contribution in [-0.4, -0.2) is 54.6 Å². The number of nitrogens with zero attached hydrogens (tertiary/aromatic N) is 2. The Kier molecular flexibility index (Phi) is 5.53. The molecule has 0 bridgehead atoms. The van der Waals surface area contributed by atoms with Crippen LogP contribution in [-0.2, 0) is 6.42 Å². The molecule has 2 amide bonds. The summed E-state index contributed by atoms with van der Waals surface area (Å²) in [6.45, 7) is 9.51. The number of fused-ring (bicyclic) bond motifs is 1. The lowest BCUT2D eigenvalue weighted by molar-refractivity contribution is 0.204. The van der Waals surface area contributed by atoms with Crippen molar-refractivity contribution in [3.05, 3.63) is 41.5 Å². The van der Waals surface area contributed by atoms with Crippen molar-refractivity contribution in [2.24, 2.45) is 11.8 Å². The summed E-state index contributed by atoms with van der Waals surface area (Å²) >= 11 is 0. The van der Waals surface area contributed by atoms with Gasteiger partial charge in [0.15, 0.2) is 0 Å². The maximum Gasteiger partial charge on any atom is 0.317 e. The first-order chi connectivity index (χ1) is 13.1. The maximum atomic E-state index is 12.3. The molecule has 1 aliphatic carbocycles. The van der Waals surface area contributed by atoms with E-state index in [1.165, 1.54) is 49.2 Å². The van der Waals surface area contributed by atoms with Crippen LogP contribution in [0.3, 0.4) is 0 Å². The Morgan fingerprint density at radius 2 is 1.89 bits per heavy atom. The van der Waals surface area contributed by atoms with Crippen LogP contribution in [0.25, 0.3) is 5.57 Å². The van der Waals surface area contributed by atoms with Gasteiger partial charge < -0.3 is 15.1 Å². The number of nitrogens with one attached hydrogen (secondary N) is 1. The van der Waals surface area contributed by atoms with Gasteiger partial charge in [-0.15, -0.1) is 0 Å². The summed E-state index contributed by atoms with van der Waals surface area (Å²) in [6, 6.07) is 9.49. The predicted molar refractivity (Wildman–Crippen MR) is 111 cm³/mol. The Balaban J connectivity index is 1.35. The third-order valence-corrected chi connectivity index (χ3v) is 6.38. The number of hydrogen-bond donors (Lipinski definition) is 1. The minimum Gasteiger partial charge on any atom is -0.336 e. The predicted octanol–water partition coefficient (Wildman–Crippen LogP) is 3.78. The molecule has 2 saturated heterocycles. The molecule has 2 fully saturated rings. The number of likely N-dealkylation sites (tertiary alicyclic amines) is 2. The van der Waals surface area contributed by atoms with Crippen LogP contribution in [0.1, 0.15) is 44.2 Å². The lowest BCUT2D eigenvalue weighted by Gasteiger charge is -2.20. The molecule has 4 rings (SSSR count). The fourth-order valence-corrected chi connectivity index (χ4v) is 4.89. The fraction of sp³-hybridized carbons (Fsp3) is 0.609. The van der Waals surface area contributed by atoms with Gasteiger partial charge in [-0.3, -0.25) is 0 Å². The zero-order chi connectivity index (χ0) is 18.8. The largest absolute Gasteiger partial charge is 0.336 e. The molecule has 3 aliphatic rings. The van der Waals surface area contributed by atoms with E-state index < -0.39 is 0 Å². The van der Waals surface area contributed by atoms with E-state index in [0.717, 1.165) is 25.9 Å². The molecule has 0 unspecified atom stereocenters. The number of urea groups is 1. The highest BCUT2D eigenvalue weighted by molar-refractivity contribution is 5.77. The summed E-state index contributed by atoms with van der Waals surface area (Å²) < 4.78 is 0. The van der Waals surface area contributed by atoms with Crippen LogP contribution < -0.4 is 5.32 Å². The second-order valence-electron chi connectivity index (χ2n) is 8.77. The SMILES string of the molecule is CC(C)NC(=O)N1C[C@@H]2CC=C(c3ccc(CCN4CCCC4)cc3)[C@@H]2C1. The van der Waals surface area contributed by atoms with Gasteiger partial charge in [0.2, 0.25) is 0 Å². The van der Waals surface area contributed by atoms with Gasteiger partial charge in [-0.1, -0.05) is 30.3 Å². The minimum absolute atomic E-state index is 0.0935. The first kappa shape index (κ1) is 18.5. The normalized spacial score (nSPS) is 25.1. The monoisotopic (exact) mass is 367 g/mol. The third kappa shape index (κ3) is 4.21. The van der Waals surface area contributed by atoms with E-state index in [4.69, 9.17) is 0 Å². The fourth-order valence-electron chi connectivity index (χ4n) is 4.89. The van der Waals surface area contributed by atoms with Gasteiger partial charge in [0.25, 0.3) is 0 Å². The number of allylic oxidation sites excluding steroid dienone is 1. The van der Waals surface area contributed by atoms with E-state index in [1.54, 1.807) is 0 Å². The zero-order valence-electron chi connectivity index (χ0n) is 16.8. The standard InChI is InChI=1S/C23H33N3O/c1-17(2)24-23(27)26-15-20-9-10-21(22(20)16-26)19-7-5-18(6-8-19)11-14-25-12-3-4-13-25/h5-8,10,17,20,22H,3-4,9,11-16H2,1-2H3,(H,24,27)/t20-,22+/m0/s1. The van der Waals surface area contributed by atoms with Crippen LogP contribution in [0.15, 0.2) is 30.3 Å². The summed E-state index contributed by atoms with van der Waals surface area (Å²) in [5.41, 5.74) is 4.23. The maximum absolute atomic E-state index is 12.3. The number of benzene rings is 1. The summed E-state index contributed by atoms with van der Waals surface area (Å²) in [5.74, 6) is 1.09. The molecule has 1 aromatic carbocycles. The zero-order valence-corrected chi connectivity index (χ0v) is 16.8. The van der Waals surface area contributed by atoms with Crippen molar-refractivity contribution >= 4 is 11.6 Å². The van der Waals surface area contributed by atoms with Gasteiger partial charge in [0.05, 0.1) is 0 Å². The highest BCUT2D eigenvalue weighted by atomic mass is 16.2. The number of amides is 2. The molecule has 4 nitrogen and oxygen atoms in total. The molecule has 146 valence electrons. The van der Waals surface area contributed by atoms with Gasteiger partial charge in [0, 0.05) is 31.6 Å². The van der Waals surface area contributed by atoms with E-state index in [9.17, 15) is 4.79 Å². The summed E-state index contributed by atoms with van der Waals surface area (Å²) in [7, 11) is 0. The molecule has 1 N–H and O–H groups in total. The van der Waals surface area contributed by atoms with Crippen LogP contribution >= 0.6 is 0 Å². The Morgan fingerprint density at radius 3 is 2.59 bits per heavy atom. The van der Waals surface area contributed by atoms with Crippen LogP contribution in [0.5, 0.6) is 0 Å². The Morgan fingerprint density at radius 1 is 1.15 bits per heavy atom. The van der Waals surface area contributed by atoms with E-state index >= 15 is 0 Å². The second-order valence-corrected chi connectivity index (χ2v) is 8.77. The molecule has 0 radical (unpaired) electrons. The van der Waals surface area contributed by atoms with Crippen molar-refractivity contribution in [2.45, 2.75) is 45.6 Å². The van der Waals surface area contributed by atoms with E-state index in [1.807, 2.05) is 18.7 Å². The smallest absolute Gasteiger partial charge is 0.317 e. The highest BCUT2D eigenvalue weighted by Crippen LogP contribution is 2.43. The second kappa shape index (κ2) is 8.05. The lowest BCUT2D eigenvalue weighted by atomic mass is 9.90. The third-order valence-electron chi connectivity index (χ3n) is 6.38. The number of carbonyl (C=O) groups excluding carboxylic acids is 1. The molecule has 2 atom stereocenters. The Labute approximate surface area is 163 Å². The topological polar surface area (TPSA) is 35.6 Å². The summed E-state index contributed by atoms with van der Waals surface area (Å²) in [5, 5.41) is 3.04. The molecule has 0 aromatic heterocycles.